The summed E-state index contributed by atoms with van der Waals surface area (Å²) in [5, 5.41) is 2.37. The molecule has 1 N–H and O–H groups in total. The molecular weight excluding hydrogens is 743 g/mol. The topological polar surface area (TPSA) is 148 Å². The van der Waals surface area contributed by atoms with Crippen molar-refractivity contribution >= 4 is 58.7 Å². The number of nitrogens with zero attached hydrogens (tertiary/aromatic N) is 1. The van der Waals surface area contributed by atoms with Crippen LogP contribution in [0.2, 0.25) is 0 Å². The molecule has 288 valence electrons. The minimum absolute atomic E-state index is 0.0491. The van der Waals surface area contributed by atoms with Gasteiger partial charge in [0, 0.05) is 32.0 Å². The Balaban J connectivity index is 1.39. The molecule has 3 rings (SSSR count). The number of esters is 2. The number of amides is 2. The molecule has 2 amide bonds. The van der Waals surface area contributed by atoms with E-state index < -0.39 is 27.6 Å². The maximum absolute atomic E-state index is 13.2. The fraction of sp³-hybridized carbons (Fsp3) is 0.556. The number of rotatable bonds is 22. The van der Waals surface area contributed by atoms with Crippen LogP contribution < -0.4 is 5.32 Å². The van der Waals surface area contributed by atoms with Gasteiger partial charge in [-0.3, -0.25) is 9.59 Å². The molecule has 0 aliphatic heterocycles. The van der Waals surface area contributed by atoms with E-state index in [1.165, 1.54) is 0 Å². The van der Waals surface area contributed by atoms with Gasteiger partial charge in [0.15, 0.2) is 0 Å². The van der Waals surface area contributed by atoms with Crippen molar-refractivity contribution < 1.29 is 52.3 Å². The molecule has 2 aromatic rings. The van der Waals surface area contributed by atoms with Gasteiger partial charge < -0.3 is 43.4 Å². The van der Waals surface area contributed by atoms with Gasteiger partial charge in [-0.15, -0.1) is 0 Å². The highest BCUT2D eigenvalue weighted by molar-refractivity contribution is 6.66. The van der Waals surface area contributed by atoms with E-state index in [1.54, 1.807) is 25.7 Å². The number of alkyl halides is 3. The molecule has 0 saturated heterocycles. The lowest BCUT2D eigenvalue weighted by Gasteiger charge is -2.23. The summed E-state index contributed by atoms with van der Waals surface area (Å²) in [4.78, 5) is 50.8. The van der Waals surface area contributed by atoms with Crippen LogP contribution in [-0.4, -0.2) is 118 Å². The molecule has 1 aliphatic carbocycles. The Morgan fingerprint density at radius 2 is 1.23 bits per heavy atom. The zero-order valence-electron chi connectivity index (χ0n) is 29.7. The van der Waals surface area contributed by atoms with Gasteiger partial charge in [-0.2, -0.15) is 0 Å². The SMILES string of the molecule is CC(C)(C)OC(=O)COCCOCCN(CCOCCOCCNC(=O)OC(Cl)(Cl)Cl)C(=O)CCC(=O)OCC1c2ccccc2-c2ccccc21. The standard InChI is InChI=1S/C36H47Cl3N2O11/c1-35(2,3)51-33(44)25-49-23-22-48-19-16-41(15-18-47-21-20-46-17-14-40-34(45)52-36(37,38)39)31(42)12-13-32(43)50-24-30-28-10-6-4-8-26(28)27-9-5-7-11-29(27)30/h4-11,30H,12-25H2,1-3H3,(H,40,45). The number of halogens is 3. The average molecular weight is 790 g/mol. The predicted octanol–water partition coefficient (Wildman–Crippen LogP) is 5.41. The summed E-state index contributed by atoms with van der Waals surface area (Å²) >= 11 is 16.1. The van der Waals surface area contributed by atoms with E-state index in [4.69, 9.17) is 63.2 Å². The number of carbonyl (C=O) groups is 4. The first-order chi connectivity index (χ1) is 24.7. The van der Waals surface area contributed by atoms with Gasteiger partial charge in [0.2, 0.25) is 5.91 Å². The molecule has 0 saturated carbocycles. The first-order valence-corrected chi connectivity index (χ1v) is 18.0. The van der Waals surface area contributed by atoms with Gasteiger partial charge in [0.05, 0.1) is 52.7 Å². The summed E-state index contributed by atoms with van der Waals surface area (Å²) in [6, 6.07) is 16.1. The molecule has 0 fully saturated rings. The van der Waals surface area contributed by atoms with Gasteiger partial charge in [-0.1, -0.05) is 48.5 Å². The van der Waals surface area contributed by atoms with E-state index in [0.29, 0.717) is 0 Å². The van der Waals surface area contributed by atoms with Gasteiger partial charge in [0.25, 0.3) is 0 Å². The number of carbonyl (C=O) groups excluding carboxylic acids is 4. The molecule has 0 atom stereocenters. The Morgan fingerprint density at radius 1 is 0.692 bits per heavy atom. The normalized spacial score (nSPS) is 12.5. The zero-order chi connectivity index (χ0) is 38.0. The zero-order valence-corrected chi connectivity index (χ0v) is 31.9. The lowest BCUT2D eigenvalue weighted by Crippen LogP contribution is -2.37. The van der Waals surface area contributed by atoms with E-state index in [0.717, 1.165) is 22.3 Å². The molecule has 0 radical (unpaired) electrons. The molecule has 1 aliphatic rings. The molecule has 13 nitrogen and oxygen atoms in total. The van der Waals surface area contributed by atoms with Crippen LogP contribution in [0.3, 0.4) is 0 Å². The highest BCUT2D eigenvalue weighted by Crippen LogP contribution is 2.44. The van der Waals surface area contributed by atoms with Crippen LogP contribution in [0.15, 0.2) is 48.5 Å². The van der Waals surface area contributed by atoms with E-state index >= 15 is 0 Å². The lowest BCUT2D eigenvalue weighted by atomic mass is 9.98. The Morgan fingerprint density at radius 3 is 1.79 bits per heavy atom. The van der Waals surface area contributed by atoms with Crippen LogP contribution in [0.1, 0.15) is 50.7 Å². The van der Waals surface area contributed by atoms with Crippen molar-refractivity contribution in [3.63, 3.8) is 0 Å². The largest absolute Gasteiger partial charge is 0.465 e. The molecule has 16 heteroatoms. The number of benzene rings is 2. The third kappa shape index (κ3) is 16.7. The molecule has 52 heavy (non-hydrogen) atoms. The second-order valence-corrected chi connectivity index (χ2v) is 14.7. The lowest BCUT2D eigenvalue weighted by molar-refractivity contribution is -0.160. The smallest absolute Gasteiger partial charge is 0.410 e. The van der Waals surface area contributed by atoms with E-state index in [9.17, 15) is 19.2 Å². The average Bonchev–Trinajstić information content (AvgIpc) is 3.39. The van der Waals surface area contributed by atoms with Crippen molar-refractivity contribution in [3.05, 3.63) is 59.7 Å². The van der Waals surface area contributed by atoms with Crippen LogP contribution in [0.4, 0.5) is 4.79 Å². The van der Waals surface area contributed by atoms with E-state index in [2.05, 4.69) is 22.2 Å². The van der Waals surface area contributed by atoms with Gasteiger partial charge in [-0.05, 0) is 77.8 Å². The number of ether oxygens (including phenoxy) is 7. The second-order valence-electron chi connectivity index (χ2n) is 12.5. The summed E-state index contributed by atoms with van der Waals surface area (Å²) in [5.74, 6) is -1.26. The minimum Gasteiger partial charge on any atom is -0.465 e. The molecule has 2 aromatic carbocycles. The van der Waals surface area contributed by atoms with E-state index in [-0.39, 0.29) is 104 Å². The number of fused-ring (bicyclic) bond motifs is 3. The first-order valence-electron chi connectivity index (χ1n) is 16.9. The fourth-order valence-electron chi connectivity index (χ4n) is 5.20. The Bertz CT molecular complexity index is 1400. The number of hydrogen-bond acceptors (Lipinski definition) is 11. The molecule has 0 spiro atoms. The van der Waals surface area contributed by atoms with Crippen molar-refractivity contribution in [1.82, 2.24) is 10.2 Å². The number of nitrogens with one attached hydrogen (secondary N) is 1. The number of alkyl carbamates (subject to hydrolysis) is 1. The Hall–Kier alpha value is -3.17. The third-order valence-electron chi connectivity index (χ3n) is 7.39. The maximum atomic E-state index is 13.2. The minimum atomic E-state index is -2.16. The van der Waals surface area contributed by atoms with Crippen molar-refractivity contribution in [3.8, 4) is 11.1 Å². The van der Waals surface area contributed by atoms with Gasteiger partial charge >= 0.3 is 22.0 Å². The molecule has 0 unspecified atom stereocenters. The molecule has 0 aromatic heterocycles. The van der Waals surface area contributed by atoms with Crippen molar-refractivity contribution in [1.29, 1.82) is 0 Å². The second kappa shape index (κ2) is 22.1. The van der Waals surface area contributed by atoms with Crippen LogP contribution in [0.25, 0.3) is 11.1 Å². The Kier molecular flexibility index (Phi) is 18.4. The highest BCUT2D eigenvalue weighted by atomic mass is 35.6. The van der Waals surface area contributed by atoms with Crippen LogP contribution in [0, 0.1) is 0 Å². The quantitative estimate of drug-likeness (QED) is 0.0707. The fourth-order valence-corrected chi connectivity index (χ4v) is 5.41. The van der Waals surface area contributed by atoms with E-state index in [1.807, 2.05) is 36.4 Å². The summed E-state index contributed by atoms with van der Waals surface area (Å²) in [7, 11) is 0. The number of hydrogen-bond donors (Lipinski definition) is 1. The monoisotopic (exact) mass is 788 g/mol. The first kappa shape index (κ1) is 43.2. The van der Waals surface area contributed by atoms with Crippen LogP contribution >= 0.6 is 34.8 Å². The summed E-state index contributed by atoms with van der Waals surface area (Å²) in [6.07, 6.45) is -1.03. The van der Waals surface area contributed by atoms with Gasteiger partial charge in [-0.25, -0.2) is 9.59 Å². The molecule has 0 bridgehead atoms. The maximum Gasteiger partial charge on any atom is 0.410 e. The highest BCUT2D eigenvalue weighted by Gasteiger charge is 2.29. The summed E-state index contributed by atoms with van der Waals surface area (Å²) < 4.78 is 35.1. The van der Waals surface area contributed by atoms with Crippen LogP contribution in [0.5, 0.6) is 0 Å². The third-order valence-corrected chi connectivity index (χ3v) is 7.62. The van der Waals surface area contributed by atoms with Crippen molar-refractivity contribution in [2.75, 3.05) is 79.1 Å². The summed E-state index contributed by atoms with van der Waals surface area (Å²) in [5.41, 5.74) is 3.88. The predicted molar refractivity (Wildman–Crippen MR) is 194 cm³/mol. The Labute approximate surface area is 319 Å². The van der Waals surface area contributed by atoms with Crippen molar-refractivity contribution in [2.45, 2.75) is 49.1 Å². The van der Waals surface area contributed by atoms with Crippen LogP contribution in [-0.2, 0) is 47.5 Å². The molecular formula is C36H47Cl3N2O11. The van der Waals surface area contributed by atoms with Crippen molar-refractivity contribution in [2.24, 2.45) is 0 Å². The van der Waals surface area contributed by atoms with Gasteiger partial charge in [0.1, 0.15) is 18.8 Å². The molecule has 0 heterocycles. The summed E-state index contributed by atoms with van der Waals surface area (Å²) in [6.45, 7) is 7.31.